The monoisotopic (exact) mass is 1360 g/mol. The third kappa shape index (κ3) is 33.2. The largest absolute Gasteiger partial charge is 0.460 e. The second-order valence-corrected chi connectivity index (χ2v) is 29.0. The summed E-state index contributed by atoms with van der Waals surface area (Å²) in [5, 5.41) is 11.5. The summed E-state index contributed by atoms with van der Waals surface area (Å²) in [6.07, 6.45) is 9.27. The summed E-state index contributed by atoms with van der Waals surface area (Å²) < 4.78 is 31.7. The van der Waals surface area contributed by atoms with Crippen LogP contribution in [0.15, 0.2) is 72.8 Å². The van der Waals surface area contributed by atoms with Crippen LogP contribution in [0, 0.1) is 24.2 Å². The third-order valence-electron chi connectivity index (χ3n) is 12.6. The maximum atomic E-state index is 12.3. The number of rotatable bonds is 18. The van der Waals surface area contributed by atoms with Crippen LogP contribution in [0.3, 0.4) is 0 Å². The lowest BCUT2D eigenvalue weighted by atomic mass is 10.1. The van der Waals surface area contributed by atoms with Crippen molar-refractivity contribution in [2.24, 2.45) is 0 Å². The molecule has 3 heterocycles. The zero-order valence-corrected chi connectivity index (χ0v) is 61.7. The number of nitrogens with one attached hydrogen (secondary N) is 3. The van der Waals surface area contributed by atoms with Gasteiger partial charge in [-0.05, 0) is 199 Å². The van der Waals surface area contributed by atoms with Crippen molar-refractivity contribution in [2.75, 3.05) is 0 Å². The van der Waals surface area contributed by atoms with Crippen molar-refractivity contribution in [1.82, 2.24) is 45.9 Å². The van der Waals surface area contributed by atoms with E-state index < -0.39 is 57.9 Å². The maximum absolute atomic E-state index is 12.3. The van der Waals surface area contributed by atoms with Crippen molar-refractivity contribution in [3.63, 3.8) is 0 Å². The van der Waals surface area contributed by atoms with Gasteiger partial charge in [-0.3, -0.25) is 14.4 Å². The number of hydrogen-bond acceptors (Lipinski definition) is 18. The van der Waals surface area contributed by atoms with E-state index in [1.807, 2.05) is 218 Å². The number of hydrogen-bond donors (Lipinski definition) is 3. The molecule has 0 fully saturated rings. The molecule has 3 aromatic heterocycles. The Morgan fingerprint density at radius 3 is 1.18 bits per heavy atom. The van der Waals surface area contributed by atoms with E-state index in [1.165, 1.54) is 0 Å². The molecule has 0 saturated carbocycles. The van der Waals surface area contributed by atoms with Crippen molar-refractivity contribution in [3.05, 3.63) is 107 Å². The minimum absolute atomic E-state index is 0.182. The number of carbonyl (C=O) groups excluding carboxylic acids is 6. The van der Waals surface area contributed by atoms with E-state index in [0.717, 1.165) is 51.2 Å². The number of esters is 3. The first-order valence-electron chi connectivity index (χ1n) is 33.0. The number of nitrogens with zero attached hydrogens (tertiary/aromatic N) is 6. The van der Waals surface area contributed by atoms with Crippen molar-refractivity contribution in [1.29, 1.82) is 0 Å². The topological polar surface area (TPSA) is 271 Å². The highest BCUT2D eigenvalue weighted by atomic mass is 35.5. The van der Waals surface area contributed by atoms with Crippen LogP contribution in [0.1, 0.15) is 257 Å². The van der Waals surface area contributed by atoms with Crippen molar-refractivity contribution in [2.45, 2.75) is 268 Å². The molecule has 0 aliphatic carbocycles. The Kier molecular flexibility index (Phi) is 32.1. The number of aryl methyl sites for hydroxylation is 1. The van der Waals surface area contributed by atoms with Gasteiger partial charge in [-0.15, -0.1) is 12.3 Å². The minimum Gasteiger partial charge on any atom is -0.460 e. The molecule has 3 atom stereocenters. The van der Waals surface area contributed by atoms with Gasteiger partial charge in [0.1, 0.15) is 44.5 Å². The number of halogens is 1. The van der Waals surface area contributed by atoms with E-state index >= 15 is 0 Å². The summed E-state index contributed by atoms with van der Waals surface area (Å²) >= 11 is 6.21. The van der Waals surface area contributed by atoms with Gasteiger partial charge < -0.3 is 44.4 Å². The van der Waals surface area contributed by atoms with E-state index in [-0.39, 0.29) is 36.4 Å². The Hall–Kier alpha value is -8.69. The number of benzene rings is 3. The molecule has 97 heavy (non-hydrogen) atoms. The van der Waals surface area contributed by atoms with Crippen LogP contribution >= 0.6 is 11.6 Å². The molecule has 0 aliphatic rings. The summed E-state index contributed by atoms with van der Waals surface area (Å²) in [5.74, 6) is 9.29. The molecule has 21 nitrogen and oxygen atoms in total. The number of fused-ring (bicyclic) bond motifs is 3. The molecule has 3 N–H and O–H groups in total. The normalized spacial score (nSPS) is 12.5. The van der Waals surface area contributed by atoms with Crippen LogP contribution in [-0.4, -0.2) is 99.7 Å². The fourth-order valence-corrected chi connectivity index (χ4v) is 8.93. The molecule has 6 rings (SSSR count). The second kappa shape index (κ2) is 37.7. The van der Waals surface area contributed by atoms with Gasteiger partial charge in [0, 0.05) is 35.4 Å². The minimum atomic E-state index is -0.600. The van der Waals surface area contributed by atoms with E-state index in [0.29, 0.717) is 79.7 Å². The van der Waals surface area contributed by atoms with Gasteiger partial charge in [0.05, 0.1) is 53.2 Å². The van der Waals surface area contributed by atoms with Crippen LogP contribution < -0.4 is 16.0 Å². The number of carbonyl (C=O) groups is 6. The first-order chi connectivity index (χ1) is 45.0. The number of alkyl carbamates (subject to hydrolysis) is 3. The van der Waals surface area contributed by atoms with Crippen molar-refractivity contribution in [3.8, 4) is 24.2 Å². The Labute approximate surface area is 579 Å². The average molecular weight is 1360 g/mol. The van der Waals surface area contributed by atoms with Gasteiger partial charge in [-0.1, -0.05) is 80.8 Å². The van der Waals surface area contributed by atoms with E-state index in [9.17, 15) is 28.8 Å². The average Bonchev–Trinajstić information content (AvgIpc) is 0.824. The summed E-state index contributed by atoms with van der Waals surface area (Å²) in [5.41, 5.74) is 0.686. The number of amides is 3. The molecule has 0 spiro atoms. The van der Waals surface area contributed by atoms with Crippen molar-refractivity contribution >= 4 is 80.5 Å². The molecule has 3 amide bonds. The van der Waals surface area contributed by atoms with E-state index in [1.54, 1.807) is 0 Å². The van der Waals surface area contributed by atoms with Crippen LogP contribution in [0.25, 0.3) is 32.7 Å². The molecule has 0 saturated heterocycles. The fraction of sp³-hybridized carbons (Fsp3) is 0.547. The first kappa shape index (κ1) is 82.5. The van der Waals surface area contributed by atoms with Crippen molar-refractivity contribution < 1.29 is 57.2 Å². The van der Waals surface area contributed by atoms with Gasteiger partial charge in [0.2, 0.25) is 0 Å². The molecule has 0 aliphatic heterocycles. The Morgan fingerprint density at radius 1 is 0.433 bits per heavy atom. The molecule has 0 unspecified atom stereocenters. The van der Waals surface area contributed by atoms with Gasteiger partial charge in [0.15, 0.2) is 17.5 Å². The number of unbranched alkanes of at least 4 members (excludes halogenated alkanes) is 1. The quantitative estimate of drug-likeness (QED) is 0.0237. The molecule has 6 aromatic rings. The lowest BCUT2D eigenvalue weighted by molar-refractivity contribution is -0.156. The summed E-state index contributed by atoms with van der Waals surface area (Å²) in [4.78, 5) is 98.8. The van der Waals surface area contributed by atoms with Crippen LogP contribution in [-0.2, 0) is 49.2 Å². The first-order valence-corrected chi connectivity index (χ1v) is 33.4. The van der Waals surface area contributed by atoms with Gasteiger partial charge in [-0.25, -0.2) is 44.3 Å². The van der Waals surface area contributed by atoms with E-state index in [4.69, 9.17) is 56.4 Å². The highest BCUT2D eigenvalue weighted by Gasteiger charge is 2.27. The molecule has 3 aromatic carbocycles. The molecular formula is C75H104ClN9O12. The molecule has 528 valence electrons. The molecular weight excluding hydrogens is 1250 g/mol. The van der Waals surface area contributed by atoms with Crippen LogP contribution in [0.2, 0.25) is 5.15 Å². The number of para-hydroxylation sites is 3. The van der Waals surface area contributed by atoms with Gasteiger partial charge >= 0.3 is 36.2 Å². The lowest BCUT2D eigenvalue weighted by Crippen LogP contribution is -2.35. The summed E-state index contributed by atoms with van der Waals surface area (Å²) in [6.45, 7) is 38.8. The van der Waals surface area contributed by atoms with Gasteiger partial charge in [0.25, 0.3) is 0 Å². The zero-order valence-electron chi connectivity index (χ0n) is 61.0. The zero-order chi connectivity index (χ0) is 73.1. The second-order valence-electron chi connectivity index (χ2n) is 28.7. The third-order valence-corrected chi connectivity index (χ3v) is 12.9. The summed E-state index contributed by atoms with van der Waals surface area (Å²) in [7, 11) is 0. The molecule has 0 radical (unpaired) electrons. The predicted octanol–water partition coefficient (Wildman–Crippen LogP) is 16.7. The standard InChI is InChI=1S/C25H37N3O4.C25H33N3O4.C16H20ClN3O2.C9H14O2/c2*1-8-18(28-23(30)32-25(5,6)7)22-26-19-14-10-9-13-17(19)20(27-22)15-11-12-16-21(29)31-24(2,3)4;1-5-11(19-15(21)22-16(2,3)4)14-18-12-9-7-6-8-10(12)13(17)20-14;1-5-6-7-8(10)11-9(2,3)4/h9-10,13-14,18H,8,11-12,15-16H2,1-7H3,(H,28,30);9-10,13-14,18H,8,12,16H2,1-7H3,(H,28,30);6-9,11H,5H2,1-4H3,(H,19,21);1H,6-7H2,2-4H3/t2*18-;11-;/m000./s1. The predicted molar refractivity (Wildman–Crippen MR) is 380 cm³/mol. The summed E-state index contributed by atoms with van der Waals surface area (Å²) in [6, 6.07) is 21.8. The van der Waals surface area contributed by atoms with Crippen LogP contribution in [0.5, 0.6) is 0 Å². The Morgan fingerprint density at radius 2 is 0.773 bits per heavy atom. The number of terminal acetylenes is 1. The Bertz CT molecular complexity index is 3700. The molecule has 22 heteroatoms. The fourth-order valence-electron chi connectivity index (χ4n) is 8.69. The van der Waals surface area contributed by atoms with Crippen LogP contribution in [0.4, 0.5) is 14.4 Å². The maximum Gasteiger partial charge on any atom is 0.408 e. The highest BCUT2D eigenvalue weighted by molar-refractivity contribution is 6.34. The number of ether oxygens (including phenoxy) is 6. The van der Waals surface area contributed by atoms with Gasteiger partial charge in [-0.2, -0.15) is 0 Å². The molecule has 0 bridgehead atoms. The SMILES string of the molecule is C#CCCC(=O)OC(C)(C)C.CC[C@H](NC(=O)OC(C)(C)C)c1nc(C#CCCC(=O)OC(C)(C)C)c2ccccc2n1.CC[C@H](NC(=O)OC(C)(C)C)c1nc(CCCCC(=O)OC(C)(C)C)c2ccccc2n1.CC[C@H](NC(=O)OC(C)(C)C)c1nc(Cl)c2ccccc2n1. The van der Waals surface area contributed by atoms with E-state index in [2.05, 4.69) is 53.6 Å². The highest BCUT2D eigenvalue weighted by Crippen LogP contribution is 2.27. The lowest BCUT2D eigenvalue weighted by Gasteiger charge is -2.23. The smallest absolute Gasteiger partial charge is 0.408 e. The number of aromatic nitrogens is 6. The Balaban J connectivity index is 0.000000356.